The zero-order valence-corrected chi connectivity index (χ0v) is 11.9. The Hall–Kier alpha value is -1.38. The number of pyridine rings is 1. The Labute approximate surface area is 119 Å². The average Bonchev–Trinajstić information content (AvgIpc) is 2.46. The van der Waals surface area contributed by atoms with E-state index < -0.39 is 0 Å². The molecule has 1 N–H and O–H groups in total. The van der Waals surface area contributed by atoms with E-state index in [4.69, 9.17) is 11.6 Å². The minimum atomic E-state index is 0.371. The van der Waals surface area contributed by atoms with Gasteiger partial charge in [-0.3, -0.25) is 4.98 Å². The summed E-state index contributed by atoms with van der Waals surface area (Å²) in [6, 6.07) is 12.6. The van der Waals surface area contributed by atoms with Crippen molar-refractivity contribution in [2.75, 3.05) is 6.54 Å². The van der Waals surface area contributed by atoms with Gasteiger partial charge in [0.15, 0.2) is 0 Å². The Kier molecular flexibility index (Phi) is 5.37. The molecule has 0 radical (unpaired) electrons. The fourth-order valence-electron chi connectivity index (χ4n) is 2.19. The molecule has 2 aromatic rings. The van der Waals surface area contributed by atoms with Crippen molar-refractivity contribution in [3.63, 3.8) is 0 Å². The molecular weight excluding hydrogens is 256 g/mol. The third kappa shape index (κ3) is 4.34. The van der Waals surface area contributed by atoms with E-state index in [2.05, 4.69) is 41.5 Å². The van der Waals surface area contributed by atoms with Crippen LogP contribution < -0.4 is 5.32 Å². The Bertz CT molecular complexity index is 482. The first kappa shape index (κ1) is 14.0. The number of nitrogens with one attached hydrogen (secondary N) is 1. The molecular formula is C16H19ClN2. The van der Waals surface area contributed by atoms with Gasteiger partial charge in [-0.2, -0.15) is 0 Å². The van der Waals surface area contributed by atoms with E-state index in [9.17, 15) is 0 Å². The van der Waals surface area contributed by atoms with E-state index in [-0.39, 0.29) is 0 Å². The van der Waals surface area contributed by atoms with Gasteiger partial charge in [0.2, 0.25) is 0 Å². The van der Waals surface area contributed by atoms with Crippen LogP contribution in [0.25, 0.3) is 0 Å². The number of halogens is 1. The number of benzene rings is 1. The predicted molar refractivity (Wildman–Crippen MR) is 80.4 cm³/mol. The summed E-state index contributed by atoms with van der Waals surface area (Å²) in [5.41, 5.74) is 2.62. The van der Waals surface area contributed by atoms with Crippen LogP contribution in [0.3, 0.4) is 0 Å². The quantitative estimate of drug-likeness (QED) is 0.861. The highest BCUT2D eigenvalue weighted by Gasteiger charge is 2.10. The molecule has 0 bridgehead atoms. The first-order valence-corrected chi connectivity index (χ1v) is 7.05. The zero-order valence-electron chi connectivity index (χ0n) is 11.1. The number of hydrogen-bond donors (Lipinski definition) is 1. The van der Waals surface area contributed by atoms with Gasteiger partial charge in [-0.15, -0.1) is 0 Å². The number of rotatable bonds is 6. The molecule has 19 heavy (non-hydrogen) atoms. The molecule has 1 atom stereocenters. The smallest absolute Gasteiger partial charge is 0.0406 e. The lowest BCUT2D eigenvalue weighted by Gasteiger charge is -2.18. The van der Waals surface area contributed by atoms with Crippen LogP contribution in [0.2, 0.25) is 5.02 Å². The number of nitrogens with zero attached hydrogens (tertiary/aromatic N) is 1. The molecule has 2 rings (SSSR count). The van der Waals surface area contributed by atoms with Gasteiger partial charge in [-0.1, -0.05) is 30.7 Å². The lowest BCUT2D eigenvalue weighted by atomic mass is 9.99. The molecule has 1 aromatic carbocycles. The second-order valence-electron chi connectivity index (χ2n) is 4.56. The second-order valence-corrected chi connectivity index (χ2v) is 4.99. The molecule has 2 nitrogen and oxygen atoms in total. The monoisotopic (exact) mass is 274 g/mol. The van der Waals surface area contributed by atoms with Gasteiger partial charge in [-0.25, -0.2) is 0 Å². The van der Waals surface area contributed by atoms with Crippen molar-refractivity contribution >= 4 is 11.6 Å². The summed E-state index contributed by atoms with van der Waals surface area (Å²) in [6.45, 7) is 3.10. The van der Waals surface area contributed by atoms with E-state index >= 15 is 0 Å². The molecule has 0 saturated heterocycles. The summed E-state index contributed by atoms with van der Waals surface area (Å²) in [4.78, 5) is 4.05. The molecule has 0 aliphatic carbocycles. The largest absolute Gasteiger partial charge is 0.310 e. The summed E-state index contributed by atoms with van der Waals surface area (Å²) >= 11 is 5.94. The van der Waals surface area contributed by atoms with Crippen LogP contribution in [0.4, 0.5) is 0 Å². The molecule has 0 aliphatic heterocycles. The van der Waals surface area contributed by atoms with Crippen molar-refractivity contribution in [2.24, 2.45) is 0 Å². The third-order valence-electron chi connectivity index (χ3n) is 3.19. The first-order chi connectivity index (χ1) is 9.29. The fourth-order valence-corrected chi connectivity index (χ4v) is 2.31. The molecule has 1 heterocycles. The standard InChI is InChI=1S/C16H19ClN2/c1-2-19-16(14-4-6-15(17)7-5-14)8-3-13-9-11-18-12-10-13/h4-7,9-12,16,19H,2-3,8H2,1H3. The molecule has 0 amide bonds. The van der Waals surface area contributed by atoms with E-state index in [0.717, 1.165) is 24.4 Å². The minimum absolute atomic E-state index is 0.371. The lowest BCUT2D eigenvalue weighted by molar-refractivity contribution is 0.515. The third-order valence-corrected chi connectivity index (χ3v) is 3.45. The molecule has 0 aliphatic rings. The van der Waals surface area contributed by atoms with Crippen molar-refractivity contribution in [2.45, 2.75) is 25.8 Å². The summed E-state index contributed by atoms with van der Waals surface area (Å²) < 4.78 is 0. The molecule has 1 aromatic heterocycles. The summed E-state index contributed by atoms with van der Waals surface area (Å²) in [5, 5.41) is 4.32. The molecule has 1 unspecified atom stereocenters. The van der Waals surface area contributed by atoms with Crippen molar-refractivity contribution < 1.29 is 0 Å². The number of hydrogen-bond acceptors (Lipinski definition) is 2. The lowest BCUT2D eigenvalue weighted by Crippen LogP contribution is -2.21. The Morgan fingerprint density at radius 1 is 1.11 bits per heavy atom. The molecule has 3 heteroatoms. The van der Waals surface area contributed by atoms with Gasteiger partial charge in [0.1, 0.15) is 0 Å². The van der Waals surface area contributed by atoms with E-state index in [1.54, 1.807) is 0 Å². The molecule has 0 saturated carbocycles. The van der Waals surface area contributed by atoms with Gasteiger partial charge in [0, 0.05) is 23.5 Å². The number of aryl methyl sites for hydroxylation is 1. The molecule has 100 valence electrons. The Morgan fingerprint density at radius 3 is 2.42 bits per heavy atom. The summed E-state index contributed by atoms with van der Waals surface area (Å²) in [6.07, 6.45) is 5.81. The highest BCUT2D eigenvalue weighted by molar-refractivity contribution is 6.30. The number of aromatic nitrogens is 1. The Morgan fingerprint density at radius 2 is 1.79 bits per heavy atom. The van der Waals surface area contributed by atoms with Gasteiger partial charge < -0.3 is 5.32 Å². The van der Waals surface area contributed by atoms with Crippen LogP contribution in [-0.2, 0) is 6.42 Å². The van der Waals surface area contributed by atoms with E-state index in [1.165, 1.54) is 11.1 Å². The maximum Gasteiger partial charge on any atom is 0.0406 e. The minimum Gasteiger partial charge on any atom is -0.310 e. The van der Waals surface area contributed by atoms with E-state index in [0.29, 0.717) is 6.04 Å². The zero-order chi connectivity index (χ0) is 13.5. The van der Waals surface area contributed by atoms with Crippen molar-refractivity contribution in [3.05, 3.63) is 64.9 Å². The van der Waals surface area contributed by atoms with E-state index in [1.807, 2.05) is 24.5 Å². The first-order valence-electron chi connectivity index (χ1n) is 6.67. The van der Waals surface area contributed by atoms with Crippen LogP contribution >= 0.6 is 11.6 Å². The van der Waals surface area contributed by atoms with Crippen molar-refractivity contribution in [3.8, 4) is 0 Å². The molecule has 0 fully saturated rings. The van der Waals surface area contributed by atoms with Gasteiger partial charge in [0.05, 0.1) is 0 Å². The highest BCUT2D eigenvalue weighted by atomic mass is 35.5. The predicted octanol–water partition coefficient (Wildman–Crippen LogP) is 4.02. The Balaban J connectivity index is 2.02. The van der Waals surface area contributed by atoms with Crippen LogP contribution in [0.15, 0.2) is 48.8 Å². The van der Waals surface area contributed by atoms with Crippen molar-refractivity contribution in [1.29, 1.82) is 0 Å². The van der Waals surface area contributed by atoms with Gasteiger partial charge in [-0.05, 0) is 54.8 Å². The maximum absolute atomic E-state index is 5.94. The van der Waals surface area contributed by atoms with Crippen LogP contribution in [-0.4, -0.2) is 11.5 Å². The van der Waals surface area contributed by atoms with Crippen LogP contribution in [0, 0.1) is 0 Å². The molecule has 0 spiro atoms. The highest BCUT2D eigenvalue weighted by Crippen LogP contribution is 2.21. The average molecular weight is 275 g/mol. The van der Waals surface area contributed by atoms with Gasteiger partial charge in [0.25, 0.3) is 0 Å². The van der Waals surface area contributed by atoms with Crippen molar-refractivity contribution in [1.82, 2.24) is 10.3 Å². The topological polar surface area (TPSA) is 24.9 Å². The second kappa shape index (κ2) is 7.27. The maximum atomic E-state index is 5.94. The van der Waals surface area contributed by atoms with Crippen LogP contribution in [0.5, 0.6) is 0 Å². The van der Waals surface area contributed by atoms with Crippen LogP contribution in [0.1, 0.15) is 30.5 Å². The fraction of sp³-hybridized carbons (Fsp3) is 0.312. The SMILES string of the molecule is CCNC(CCc1ccncc1)c1ccc(Cl)cc1. The normalized spacial score (nSPS) is 12.3. The summed E-state index contributed by atoms with van der Waals surface area (Å²) in [5.74, 6) is 0. The summed E-state index contributed by atoms with van der Waals surface area (Å²) in [7, 11) is 0. The van der Waals surface area contributed by atoms with Gasteiger partial charge >= 0.3 is 0 Å².